The molecule has 0 bridgehead atoms. The maximum absolute atomic E-state index is 12.4. The molecule has 4 amide bonds. The number of benzene rings is 2. The molecule has 2 aromatic rings. The van der Waals surface area contributed by atoms with Gasteiger partial charge in [0.05, 0.1) is 6.04 Å². The largest absolute Gasteiger partial charge is 0.345 e. The molecule has 2 aromatic carbocycles. The molecule has 0 fully saturated rings. The average Bonchev–Trinajstić information content (AvgIpc) is 2.67. The van der Waals surface area contributed by atoms with E-state index in [0.29, 0.717) is 12.8 Å². The Balaban J connectivity index is 2.12. The quantitative estimate of drug-likeness (QED) is 0.703. The molecule has 0 aliphatic rings. The molecular formula is C21H25N3O3. The molecule has 0 aliphatic heterocycles. The van der Waals surface area contributed by atoms with E-state index in [4.69, 9.17) is 0 Å². The summed E-state index contributed by atoms with van der Waals surface area (Å²) in [6, 6.07) is 17.3. The van der Waals surface area contributed by atoms with E-state index in [1.807, 2.05) is 67.6 Å². The third-order valence-corrected chi connectivity index (χ3v) is 4.05. The van der Waals surface area contributed by atoms with Crippen molar-refractivity contribution in [2.75, 3.05) is 0 Å². The maximum Gasteiger partial charge on any atom is 0.322 e. The summed E-state index contributed by atoms with van der Waals surface area (Å²) in [5, 5.41) is 7.76. The minimum atomic E-state index is -0.731. The highest BCUT2D eigenvalue weighted by Crippen LogP contribution is 2.21. The third-order valence-electron chi connectivity index (χ3n) is 4.05. The Bertz CT molecular complexity index is 723. The highest BCUT2D eigenvalue weighted by atomic mass is 16.2. The number of hydrogen-bond acceptors (Lipinski definition) is 3. The molecule has 6 nitrogen and oxygen atoms in total. The van der Waals surface area contributed by atoms with Crippen LogP contribution in [0.15, 0.2) is 60.7 Å². The Morgan fingerprint density at radius 2 is 1.37 bits per heavy atom. The molecule has 6 heteroatoms. The fourth-order valence-corrected chi connectivity index (χ4v) is 2.82. The van der Waals surface area contributed by atoms with E-state index in [2.05, 4.69) is 16.0 Å². The topological polar surface area (TPSA) is 87.3 Å². The van der Waals surface area contributed by atoms with Crippen molar-refractivity contribution in [3.63, 3.8) is 0 Å². The van der Waals surface area contributed by atoms with Crippen molar-refractivity contribution in [2.45, 2.75) is 38.8 Å². The van der Waals surface area contributed by atoms with Gasteiger partial charge in [-0.2, -0.15) is 0 Å². The summed E-state index contributed by atoms with van der Waals surface area (Å²) in [5.41, 5.74) is 1.80. The van der Waals surface area contributed by atoms with E-state index in [1.165, 1.54) is 6.92 Å². The number of hydrogen-bond donors (Lipinski definition) is 3. The zero-order chi connectivity index (χ0) is 19.6. The zero-order valence-electron chi connectivity index (χ0n) is 15.6. The van der Waals surface area contributed by atoms with Crippen molar-refractivity contribution >= 4 is 17.8 Å². The fraction of sp³-hybridized carbons (Fsp3) is 0.286. The number of nitrogens with one attached hydrogen (secondary N) is 3. The first-order valence-electron chi connectivity index (χ1n) is 8.99. The first-order valence-corrected chi connectivity index (χ1v) is 8.99. The third kappa shape index (κ3) is 6.26. The van der Waals surface area contributed by atoms with Crippen LogP contribution < -0.4 is 16.0 Å². The summed E-state index contributed by atoms with van der Waals surface area (Å²) in [7, 11) is 0. The van der Waals surface area contributed by atoms with Crippen LogP contribution in [-0.2, 0) is 9.59 Å². The predicted octanol–water partition coefficient (Wildman–Crippen LogP) is 2.91. The standard InChI is InChI=1S/C21H25N3O3/c1-3-10-18(22-15(2)25)20(26)24-21(27)23-19(16-11-6-4-7-12-16)17-13-8-5-9-14-17/h4-9,11-14,18-19H,3,10H2,1-2H3,(H,22,25)(H2,23,24,26,27). The van der Waals surface area contributed by atoms with Crippen LogP contribution >= 0.6 is 0 Å². The molecule has 0 heterocycles. The highest BCUT2D eigenvalue weighted by molar-refractivity contribution is 5.98. The van der Waals surface area contributed by atoms with Gasteiger partial charge in [0.15, 0.2) is 0 Å². The lowest BCUT2D eigenvalue weighted by molar-refractivity contribution is -0.127. The summed E-state index contributed by atoms with van der Waals surface area (Å²) in [6.45, 7) is 3.25. The van der Waals surface area contributed by atoms with E-state index in [9.17, 15) is 14.4 Å². The van der Waals surface area contributed by atoms with Gasteiger partial charge in [0.25, 0.3) is 5.91 Å². The lowest BCUT2D eigenvalue weighted by Gasteiger charge is -2.21. The van der Waals surface area contributed by atoms with Crippen LogP contribution in [0.2, 0.25) is 0 Å². The van der Waals surface area contributed by atoms with Crippen molar-refractivity contribution in [1.82, 2.24) is 16.0 Å². The van der Waals surface area contributed by atoms with Crippen LogP contribution in [-0.4, -0.2) is 23.9 Å². The number of carbonyl (C=O) groups excluding carboxylic acids is 3. The van der Waals surface area contributed by atoms with Gasteiger partial charge in [0.2, 0.25) is 5.91 Å². The van der Waals surface area contributed by atoms with Gasteiger partial charge < -0.3 is 10.6 Å². The summed E-state index contributed by atoms with van der Waals surface area (Å²) in [4.78, 5) is 36.1. The Kier molecular flexibility index (Phi) is 7.55. The first kappa shape index (κ1) is 20.2. The molecule has 0 saturated carbocycles. The Morgan fingerprint density at radius 3 is 1.81 bits per heavy atom. The Morgan fingerprint density at radius 1 is 0.852 bits per heavy atom. The first-order chi connectivity index (χ1) is 13.0. The number of rotatable bonds is 7. The van der Waals surface area contributed by atoms with E-state index < -0.39 is 24.0 Å². The second kappa shape index (κ2) is 10.1. The van der Waals surface area contributed by atoms with Crippen molar-refractivity contribution in [3.05, 3.63) is 71.8 Å². The molecule has 142 valence electrons. The van der Waals surface area contributed by atoms with Gasteiger partial charge in [0, 0.05) is 6.92 Å². The van der Waals surface area contributed by atoms with Gasteiger partial charge in [0.1, 0.15) is 6.04 Å². The molecule has 2 rings (SSSR count). The van der Waals surface area contributed by atoms with Crippen LogP contribution in [0.3, 0.4) is 0 Å². The van der Waals surface area contributed by atoms with E-state index in [-0.39, 0.29) is 5.91 Å². The van der Waals surface area contributed by atoms with Crippen LogP contribution in [0.5, 0.6) is 0 Å². The number of urea groups is 1. The second-order valence-corrected chi connectivity index (χ2v) is 6.26. The summed E-state index contributed by atoms with van der Waals surface area (Å²) in [5.74, 6) is -0.833. The zero-order valence-corrected chi connectivity index (χ0v) is 15.6. The minimum absolute atomic E-state index is 0.310. The normalized spacial score (nSPS) is 11.5. The summed E-state index contributed by atoms with van der Waals surface area (Å²) in [6.07, 6.45) is 1.16. The Hall–Kier alpha value is -3.15. The van der Waals surface area contributed by atoms with E-state index >= 15 is 0 Å². The van der Waals surface area contributed by atoms with Crippen LogP contribution in [0.1, 0.15) is 43.9 Å². The monoisotopic (exact) mass is 367 g/mol. The SMILES string of the molecule is CCCC(NC(C)=O)C(=O)NC(=O)NC(c1ccccc1)c1ccccc1. The molecule has 27 heavy (non-hydrogen) atoms. The van der Waals surface area contributed by atoms with E-state index in [1.54, 1.807) is 0 Å². The molecule has 0 saturated heterocycles. The molecule has 0 radical (unpaired) electrons. The molecule has 1 unspecified atom stereocenters. The van der Waals surface area contributed by atoms with Crippen molar-refractivity contribution < 1.29 is 14.4 Å². The lowest BCUT2D eigenvalue weighted by Crippen LogP contribution is -2.50. The van der Waals surface area contributed by atoms with Gasteiger partial charge in [-0.1, -0.05) is 74.0 Å². The lowest BCUT2D eigenvalue weighted by atomic mass is 9.99. The van der Waals surface area contributed by atoms with Crippen molar-refractivity contribution in [3.8, 4) is 0 Å². The van der Waals surface area contributed by atoms with Crippen LogP contribution in [0.25, 0.3) is 0 Å². The van der Waals surface area contributed by atoms with Gasteiger partial charge in [-0.05, 0) is 17.5 Å². The average molecular weight is 367 g/mol. The fourth-order valence-electron chi connectivity index (χ4n) is 2.82. The van der Waals surface area contributed by atoms with E-state index in [0.717, 1.165) is 11.1 Å². The van der Waals surface area contributed by atoms with Gasteiger partial charge in [-0.3, -0.25) is 14.9 Å². The number of imide groups is 1. The number of amides is 4. The Labute approximate surface area is 159 Å². The molecule has 3 N–H and O–H groups in total. The molecule has 0 spiro atoms. The van der Waals surface area contributed by atoms with Crippen molar-refractivity contribution in [2.24, 2.45) is 0 Å². The van der Waals surface area contributed by atoms with Crippen molar-refractivity contribution in [1.29, 1.82) is 0 Å². The van der Waals surface area contributed by atoms with Gasteiger partial charge >= 0.3 is 6.03 Å². The van der Waals surface area contributed by atoms with Gasteiger partial charge in [-0.25, -0.2) is 4.79 Å². The van der Waals surface area contributed by atoms with Crippen LogP contribution in [0.4, 0.5) is 4.79 Å². The predicted molar refractivity (Wildman–Crippen MR) is 104 cm³/mol. The summed E-state index contributed by atoms with van der Waals surface area (Å²) < 4.78 is 0. The second-order valence-electron chi connectivity index (χ2n) is 6.26. The number of carbonyl (C=O) groups is 3. The summed E-state index contributed by atoms with van der Waals surface area (Å²) >= 11 is 0. The maximum atomic E-state index is 12.4. The molecular weight excluding hydrogens is 342 g/mol. The smallest absolute Gasteiger partial charge is 0.322 e. The molecule has 1 atom stereocenters. The van der Waals surface area contributed by atoms with Gasteiger partial charge in [-0.15, -0.1) is 0 Å². The molecule has 0 aliphatic carbocycles. The molecule has 0 aromatic heterocycles. The minimum Gasteiger partial charge on any atom is -0.345 e. The van der Waals surface area contributed by atoms with Crippen LogP contribution in [0, 0.1) is 0 Å². The highest BCUT2D eigenvalue weighted by Gasteiger charge is 2.22.